The average molecular weight is 439 g/mol. The maximum absolute atomic E-state index is 12.2. The van der Waals surface area contributed by atoms with Gasteiger partial charge in [-0.15, -0.1) is 24.8 Å². The number of nitrogen functional groups attached to an aromatic ring is 1. The molecule has 1 fully saturated rings. The Morgan fingerprint density at radius 1 is 0.897 bits per heavy atom. The predicted octanol–water partition coefficient (Wildman–Crippen LogP) is 2.87. The molecular formula is C21H28Cl2N4O2. The largest absolute Gasteiger partial charge is 0.398 e. The van der Waals surface area contributed by atoms with Gasteiger partial charge in [0.2, 0.25) is 0 Å². The van der Waals surface area contributed by atoms with Crippen LogP contribution in [0.5, 0.6) is 0 Å². The molecule has 1 aliphatic heterocycles. The number of para-hydroxylation sites is 1. The normalized spacial score (nSPS) is 13.1. The summed E-state index contributed by atoms with van der Waals surface area (Å²) in [5.41, 5.74) is 8.28. The van der Waals surface area contributed by atoms with Gasteiger partial charge in [-0.25, -0.2) is 0 Å². The van der Waals surface area contributed by atoms with Crippen LogP contribution in [0.25, 0.3) is 0 Å². The van der Waals surface area contributed by atoms with Crippen molar-refractivity contribution in [2.24, 2.45) is 0 Å². The number of nitrogens with one attached hydrogen (secondary N) is 2. The van der Waals surface area contributed by atoms with Crippen molar-refractivity contribution in [3.05, 3.63) is 65.2 Å². The molecule has 0 aromatic heterocycles. The summed E-state index contributed by atoms with van der Waals surface area (Å²) in [5.74, 6) is -0.279. The third-order valence-corrected chi connectivity index (χ3v) is 4.79. The lowest BCUT2D eigenvalue weighted by molar-refractivity contribution is 0.0941. The maximum atomic E-state index is 12.2. The zero-order valence-electron chi connectivity index (χ0n) is 16.2. The van der Waals surface area contributed by atoms with Crippen LogP contribution in [-0.4, -0.2) is 42.9 Å². The molecule has 8 heteroatoms. The Morgan fingerprint density at radius 2 is 1.55 bits per heavy atom. The number of halogens is 2. The van der Waals surface area contributed by atoms with Gasteiger partial charge in [-0.2, -0.15) is 0 Å². The monoisotopic (exact) mass is 438 g/mol. The molecule has 0 spiro atoms. The molecule has 3 rings (SSSR count). The smallest absolute Gasteiger partial charge is 0.253 e. The van der Waals surface area contributed by atoms with Crippen LogP contribution in [0.2, 0.25) is 0 Å². The van der Waals surface area contributed by atoms with Gasteiger partial charge in [0, 0.05) is 30.9 Å². The second kappa shape index (κ2) is 12.3. The van der Waals surface area contributed by atoms with Crippen molar-refractivity contribution in [2.75, 3.05) is 31.9 Å². The first-order valence-corrected chi connectivity index (χ1v) is 9.35. The number of carbonyl (C=O) groups is 2. The molecule has 2 amide bonds. The summed E-state index contributed by atoms with van der Waals surface area (Å²) >= 11 is 0. The van der Waals surface area contributed by atoms with E-state index < -0.39 is 0 Å². The van der Waals surface area contributed by atoms with Gasteiger partial charge in [0.25, 0.3) is 11.8 Å². The first-order chi connectivity index (χ1) is 13.1. The molecule has 0 atom stereocenters. The van der Waals surface area contributed by atoms with Crippen LogP contribution in [0.1, 0.15) is 39.1 Å². The highest BCUT2D eigenvalue weighted by atomic mass is 35.5. The fourth-order valence-electron chi connectivity index (χ4n) is 3.19. The van der Waals surface area contributed by atoms with E-state index in [0.29, 0.717) is 29.9 Å². The molecule has 1 aliphatic rings. The predicted molar refractivity (Wildman–Crippen MR) is 121 cm³/mol. The number of hydrogen-bond acceptors (Lipinski definition) is 4. The van der Waals surface area contributed by atoms with E-state index in [-0.39, 0.29) is 36.6 Å². The number of nitrogens with two attached hydrogens (primary N) is 1. The Bertz CT molecular complexity index is 794. The minimum atomic E-state index is -0.211. The number of rotatable bonds is 7. The SMILES string of the molecule is Cl.Cl.Nc1ccccc1C(=O)NCc1ccc(C(=O)NCCN2CCCC2)cc1. The minimum Gasteiger partial charge on any atom is -0.398 e. The van der Waals surface area contributed by atoms with E-state index in [1.54, 1.807) is 36.4 Å². The van der Waals surface area contributed by atoms with E-state index in [9.17, 15) is 9.59 Å². The zero-order valence-corrected chi connectivity index (χ0v) is 17.9. The lowest BCUT2D eigenvalue weighted by atomic mass is 10.1. The molecule has 0 saturated carbocycles. The van der Waals surface area contributed by atoms with Gasteiger partial charge >= 0.3 is 0 Å². The van der Waals surface area contributed by atoms with Gasteiger partial charge in [-0.1, -0.05) is 24.3 Å². The van der Waals surface area contributed by atoms with Crippen molar-refractivity contribution < 1.29 is 9.59 Å². The topological polar surface area (TPSA) is 87.5 Å². The van der Waals surface area contributed by atoms with Crippen molar-refractivity contribution in [1.29, 1.82) is 0 Å². The van der Waals surface area contributed by atoms with Crippen molar-refractivity contribution in [3.8, 4) is 0 Å². The number of likely N-dealkylation sites (tertiary alicyclic amines) is 1. The molecule has 0 unspecified atom stereocenters. The van der Waals surface area contributed by atoms with E-state index in [1.165, 1.54) is 12.8 Å². The van der Waals surface area contributed by atoms with Gasteiger partial charge in [0.05, 0.1) is 5.56 Å². The molecule has 29 heavy (non-hydrogen) atoms. The van der Waals surface area contributed by atoms with E-state index >= 15 is 0 Å². The fourth-order valence-corrected chi connectivity index (χ4v) is 3.19. The van der Waals surface area contributed by atoms with E-state index in [2.05, 4.69) is 15.5 Å². The molecule has 158 valence electrons. The Balaban J connectivity index is 0.00000210. The molecule has 0 radical (unpaired) electrons. The standard InChI is InChI=1S/C21H26N4O2.2ClH/c22-19-6-2-1-5-18(19)21(27)24-15-16-7-9-17(10-8-16)20(26)23-11-14-25-12-3-4-13-25;;/h1-2,5-10H,3-4,11-15,22H2,(H,23,26)(H,24,27);2*1H. The van der Waals surface area contributed by atoms with Gasteiger partial charge < -0.3 is 21.3 Å². The third-order valence-electron chi connectivity index (χ3n) is 4.79. The lowest BCUT2D eigenvalue weighted by Crippen LogP contribution is -2.33. The van der Waals surface area contributed by atoms with Gasteiger partial charge in [-0.05, 0) is 55.8 Å². The summed E-state index contributed by atoms with van der Waals surface area (Å²) in [6, 6.07) is 14.2. The van der Waals surface area contributed by atoms with E-state index in [0.717, 1.165) is 25.2 Å². The Morgan fingerprint density at radius 3 is 2.21 bits per heavy atom. The minimum absolute atomic E-state index is 0. The summed E-state index contributed by atoms with van der Waals surface area (Å²) in [6.07, 6.45) is 2.51. The number of anilines is 1. The van der Waals surface area contributed by atoms with Crippen LogP contribution < -0.4 is 16.4 Å². The first kappa shape index (κ1) is 24.8. The summed E-state index contributed by atoms with van der Waals surface area (Å²) < 4.78 is 0. The molecule has 2 aromatic rings. The third kappa shape index (κ3) is 7.24. The van der Waals surface area contributed by atoms with Crippen molar-refractivity contribution in [3.63, 3.8) is 0 Å². The molecule has 0 bridgehead atoms. The highest BCUT2D eigenvalue weighted by molar-refractivity contribution is 5.99. The van der Waals surface area contributed by atoms with Crippen molar-refractivity contribution in [2.45, 2.75) is 19.4 Å². The summed E-state index contributed by atoms with van der Waals surface area (Å²) in [4.78, 5) is 26.8. The second-order valence-corrected chi connectivity index (χ2v) is 6.77. The number of nitrogens with zero attached hydrogens (tertiary/aromatic N) is 1. The van der Waals surface area contributed by atoms with Crippen molar-refractivity contribution in [1.82, 2.24) is 15.5 Å². The van der Waals surface area contributed by atoms with Crippen molar-refractivity contribution >= 4 is 42.3 Å². The highest BCUT2D eigenvalue weighted by Crippen LogP contribution is 2.11. The maximum Gasteiger partial charge on any atom is 0.253 e. The number of carbonyl (C=O) groups excluding carboxylic acids is 2. The molecule has 1 heterocycles. The highest BCUT2D eigenvalue weighted by Gasteiger charge is 2.12. The Hall–Kier alpha value is -2.28. The van der Waals surface area contributed by atoms with Crippen LogP contribution in [-0.2, 0) is 6.54 Å². The van der Waals surface area contributed by atoms with Crippen LogP contribution in [0.3, 0.4) is 0 Å². The number of benzene rings is 2. The molecule has 4 N–H and O–H groups in total. The van der Waals surface area contributed by atoms with Crippen LogP contribution >= 0.6 is 24.8 Å². The quantitative estimate of drug-likeness (QED) is 0.579. The van der Waals surface area contributed by atoms with Gasteiger partial charge in [0.15, 0.2) is 0 Å². The molecule has 1 saturated heterocycles. The fraction of sp³-hybridized carbons (Fsp3) is 0.333. The van der Waals surface area contributed by atoms with Crippen LogP contribution in [0, 0.1) is 0 Å². The molecule has 6 nitrogen and oxygen atoms in total. The Kier molecular flexibility index (Phi) is 10.5. The number of amides is 2. The van der Waals surface area contributed by atoms with E-state index in [4.69, 9.17) is 5.73 Å². The lowest BCUT2D eigenvalue weighted by Gasteiger charge is -2.14. The summed E-state index contributed by atoms with van der Waals surface area (Å²) in [6.45, 7) is 4.20. The van der Waals surface area contributed by atoms with E-state index in [1.807, 2.05) is 12.1 Å². The van der Waals surface area contributed by atoms with Crippen LogP contribution in [0.15, 0.2) is 48.5 Å². The second-order valence-electron chi connectivity index (χ2n) is 6.77. The molecule has 2 aromatic carbocycles. The summed E-state index contributed by atoms with van der Waals surface area (Å²) in [7, 11) is 0. The Labute approximate surface area is 184 Å². The molecule has 0 aliphatic carbocycles. The zero-order chi connectivity index (χ0) is 19.1. The summed E-state index contributed by atoms with van der Waals surface area (Å²) in [5, 5.41) is 5.80. The van der Waals surface area contributed by atoms with Gasteiger partial charge in [0.1, 0.15) is 0 Å². The van der Waals surface area contributed by atoms with Gasteiger partial charge in [-0.3, -0.25) is 9.59 Å². The van der Waals surface area contributed by atoms with Crippen LogP contribution in [0.4, 0.5) is 5.69 Å². The first-order valence-electron chi connectivity index (χ1n) is 9.35. The number of hydrogen-bond donors (Lipinski definition) is 3. The average Bonchev–Trinajstić information content (AvgIpc) is 3.20. The molecular weight excluding hydrogens is 411 g/mol.